The summed E-state index contributed by atoms with van der Waals surface area (Å²) in [5, 5.41) is 5.59. The second kappa shape index (κ2) is 6.86. The maximum Gasteiger partial charge on any atom is 0.319 e. The molecule has 0 aliphatic carbocycles. The number of amides is 2. The van der Waals surface area contributed by atoms with Crippen LogP contribution in [0.4, 0.5) is 10.5 Å². The van der Waals surface area contributed by atoms with Crippen molar-refractivity contribution in [1.82, 2.24) is 5.32 Å². The Kier molecular flexibility index (Phi) is 5.45. The Morgan fingerprint density at radius 1 is 1.44 bits per heavy atom. The summed E-state index contributed by atoms with van der Waals surface area (Å²) in [6.45, 7) is 4.45. The first-order valence-electron chi connectivity index (χ1n) is 5.98. The number of anilines is 1. The molecule has 0 fully saturated rings. The van der Waals surface area contributed by atoms with E-state index in [1.54, 1.807) is 19.2 Å². The summed E-state index contributed by atoms with van der Waals surface area (Å²) in [6, 6.07) is 6.90. The topological polar surface area (TPSA) is 76.4 Å². The minimum Gasteiger partial charge on any atom is -0.497 e. The Balaban J connectivity index is 2.58. The van der Waals surface area contributed by atoms with Crippen molar-refractivity contribution in [2.75, 3.05) is 19.0 Å². The smallest absolute Gasteiger partial charge is 0.319 e. The summed E-state index contributed by atoms with van der Waals surface area (Å²) < 4.78 is 5.09. The van der Waals surface area contributed by atoms with E-state index in [9.17, 15) is 4.79 Å². The van der Waals surface area contributed by atoms with Crippen molar-refractivity contribution in [2.24, 2.45) is 11.7 Å². The second-order valence-electron chi connectivity index (χ2n) is 4.42. The molecule has 5 heteroatoms. The fraction of sp³-hybridized carbons (Fsp3) is 0.462. The summed E-state index contributed by atoms with van der Waals surface area (Å²) in [5.74, 6) is 0.998. The number of ether oxygens (including phenoxy) is 1. The second-order valence-corrected chi connectivity index (χ2v) is 4.42. The molecule has 1 aromatic carbocycles. The molecule has 0 saturated carbocycles. The average molecular weight is 251 g/mol. The number of benzene rings is 1. The van der Waals surface area contributed by atoms with Crippen molar-refractivity contribution in [3.8, 4) is 5.75 Å². The van der Waals surface area contributed by atoms with E-state index in [1.165, 1.54) is 0 Å². The van der Waals surface area contributed by atoms with E-state index in [0.29, 0.717) is 23.9 Å². The molecule has 0 heterocycles. The van der Waals surface area contributed by atoms with Gasteiger partial charge >= 0.3 is 6.03 Å². The number of nitrogens with one attached hydrogen (secondary N) is 2. The lowest BCUT2D eigenvalue weighted by atomic mass is 10.1. The number of rotatable bonds is 5. The van der Waals surface area contributed by atoms with E-state index in [4.69, 9.17) is 10.5 Å². The lowest BCUT2D eigenvalue weighted by molar-refractivity contribution is 0.245. The van der Waals surface area contributed by atoms with Crippen LogP contribution in [-0.4, -0.2) is 25.7 Å². The van der Waals surface area contributed by atoms with Gasteiger partial charge in [-0.2, -0.15) is 0 Å². The number of hydrogen-bond acceptors (Lipinski definition) is 3. The third-order valence-electron chi connectivity index (χ3n) is 2.70. The van der Waals surface area contributed by atoms with E-state index in [1.807, 2.05) is 26.0 Å². The van der Waals surface area contributed by atoms with Gasteiger partial charge < -0.3 is 21.1 Å². The normalized spacial score (nSPS) is 12.1. The van der Waals surface area contributed by atoms with Gasteiger partial charge in [-0.15, -0.1) is 0 Å². The minimum absolute atomic E-state index is 0.0318. The Bertz CT molecular complexity index is 394. The molecule has 0 saturated heterocycles. The quantitative estimate of drug-likeness (QED) is 0.747. The number of urea groups is 1. The number of nitrogens with two attached hydrogens (primary N) is 1. The molecule has 1 atom stereocenters. The molecular weight excluding hydrogens is 230 g/mol. The van der Waals surface area contributed by atoms with Crippen molar-refractivity contribution in [3.05, 3.63) is 24.3 Å². The van der Waals surface area contributed by atoms with Crippen LogP contribution in [0, 0.1) is 5.92 Å². The molecule has 18 heavy (non-hydrogen) atoms. The molecular formula is C13H21N3O2. The van der Waals surface area contributed by atoms with Crippen LogP contribution in [0.1, 0.15) is 13.8 Å². The van der Waals surface area contributed by atoms with Crippen LogP contribution < -0.4 is 21.1 Å². The Hall–Kier alpha value is -1.75. The van der Waals surface area contributed by atoms with Crippen LogP contribution in [0.5, 0.6) is 5.75 Å². The standard InChI is InChI=1S/C13H21N3O2/c1-9(2)12(8-14)16-13(17)15-10-5-4-6-11(7-10)18-3/h4-7,9,12H,8,14H2,1-3H3,(H2,15,16,17). The monoisotopic (exact) mass is 251 g/mol. The van der Waals surface area contributed by atoms with Crippen molar-refractivity contribution in [3.63, 3.8) is 0 Å². The van der Waals surface area contributed by atoms with Gasteiger partial charge in [0.15, 0.2) is 0 Å². The summed E-state index contributed by atoms with van der Waals surface area (Å²) in [5.41, 5.74) is 6.28. The summed E-state index contributed by atoms with van der Waals surface area (Å²) in [7, 11) is 1.59. The first-order valence-corrected chi connectivity index (χ1v) is 5.98. The molecule has 1 rings (SSSR count). The molecule has 5 nitrogen and oxygen atoms in total. The van der Waals surface area contributed by atoms with Gasteiger partial charge in [0, 0.05) is 24.3 Å². The molecule has 4 N–H and O–H groups in total. The first kappa shape index (κ1) is 14.3. The number of hydrogen-bond donors (Lipinski definition) is 3. The molecule has 0 aromatic heterocycles. The van der Waals surface area contributed by atoms with Crippen molar-refractivity contribution >= 4 is 11.7 Å². The maximum atomic E-state index is 11.8. The van der Waals surface area contributed by atoms with E-state index in [-0.39, 0.29) is 12.1 Å². The predicted octanol–water partition coefficient (Wildman–Crippen LogP) is 1.80. The van der Waals surface area contributed by atoms with Gasteiger partial charge in [0.1, 0.15) is 5.75 Å². The van der Waals surface area contributed by atoms with Crippen LogP contribution in [0.15, 0.2) is 24.3 Å². The molecule has 1 aromatic rings. The number of methoxy groups -OCH3 is 1. The fourth-order valence-corrected chi connectivity index (χ4v) is 1.53. The molecule has 0 radical (unpaired) electrons. The van der Waals surface area contributed by atoms with Gasteiger partial charge in [0.2, 0.25) is 0 Å². The van der Waals surface area contributed by atoms with Crippen molar-refractivity contribution in [2.45, 2.75) is 19.9 Å². The molecule has 0 bridgehead atoms. The molecule has 0 aliphatic rings. The van der Waals surface area contributed by atoms with Gasteiger partial charge in [-0.1, -0.05) is 19.9 Å². The Morgan fingerprint density at radius 3 is 2.72 bits per heavy atom. The van der Waals surface area contributed by atoms with E-state index >= 15 is 0 Å². The van der Waals surface area contributed by atoms with Gasteiger partial charge in [-0.25, -0.2) is 4.79 Å². The van der Waals surface area contributed by atoms with Crippen LogP contribution >= 0.6 is 0 Å². The lowest BCUT2D eigenvalue weighted by Gasteiger charge is -2.20. The van der Waals surface area contributed by atoms with E-state index in [2.05, 4.69) is 10.6 Å². The lowest BCUT2D eigenvalue weighted by Crippen LogP contribution is -2.45. The molecule has 1 unspecified atom stereocenters. The SMILES string of the molecule is COc1cccc(NC(=O)NC(CN)C(C)C)c1. The van der Waals surface area contributed by atoms with Crippen LogP contribution in [0.2, 0.25) is 0 Å². The zero-order valence-corrected chi connectivity index (χ0v) is 11.1. The van der Waals surface area contributed by atoms with Crippen molar-refractivity contribution < 1.29 is 9.53 Å². The molecule has 0 spiro atoms. The summed E-state index contributed by atoms with van der Waals surface area (Å²) in [6.07, 6.45) is 0. The Morgan fingerprint density at radius 2 is 2.17 bits per heavy atom. The fourth-order valence-electron chi connectivity index (χ4n) is 1.53. The molecule has 2 amide bonds. The number of carbonyl (C=O) groups excluding carboxylic acids is 1. The van der Waals surface area contributed by atoms with Crippen LogP contribution in [0.3, 0.4) is 0 Å². The van der Waals surface area contributed by atoms with Crippen LogP contribution in [-0.2, 0) is 0 Å². The predicted molar refractivity (Wildman–Crippen MR) is 72.8 cm³/mol. The summed E-state index contributed by atoms with van der Waals surface area (Å²) >= 11 is 0. The first-order chi connectivity index (χ1) is 8.56. The zero-order chi connectivity index (χ0) is 13.5. The van der Waals surface area contributed by atoms with E-state index in [0.717, 1.165) is 0 Å². The van der Waals surface area contributed by atoms with Gasteiger partial charge in [-0.3, -0.25) is 0 Å². The van der Waals surface area contributed by atoms with Crippen molar-refractivity contribution in [1.29, 1.82) is 0 Å². The number of carbonyl (C=O) groups is 1. The van der Waals surface area contributed by atoms with Gasteiger partial charge in [0.25, 0.3) is 0 Å². The third-order valence-corrected chi connectivity index (χ3v) is 2.70. The highest BCUT2D eigenvalue weighted by Gasteiger charge is 2.14. The third kappa shape index (κ3) is 4.25. The highest BCUT2D eigenvalue weighted by atomic mass is 16.5. The van der Waals surface area contributed by atoms with Crippen LogP contribution in [0.25, 0.3) is 0 Å². The highest BCUT2D eigenvalue weighted by molar-refractivity contribution is 5.89. The largest absolute Gasteiger partial charge is 0.497 e. The summed E-state index contributed by atoms with van der Waals surface area (Å²) in [4.78, 5) is 11.8. The Labute approximate surface area is 108 Å². The van der Waals surface area contributed by atoms with Gasteiger partial charge in [0.05, 0.1) is 7.11 Å². The zero-order valence-electron chi connectivity index (χ0n) is 11.1. The van der Waals surface area contributed by atoms with E-state index < -0.39 is 0 Å². The van der Waals surface area contributed by atoms with Gasteiger partial charge in [-0.05, 0) is 18.1 Å². The average Bonchev–Trinajstić information content (AvgIpc) is 2.35. The minimum atomic E-state index is -0.257. The highest BCUT2D eigenvalue weighted by Crippen LogP contribution is 2.16. The molecule has 0 aliphatic heterocycles. The maximum absolute atomic E-state index is 11.8. The molecule has 100 valence electrons.